The highest BCUT2D eigenvalue weighted by atomic mass is 14.2. The minimum atomic E-state index is 1.23. The molecule has 0 amide bonds. The third kappa shape index (κ3) is 4.30. The lowest BCUT2D eigenvalue weighted by atomic mass is 9.84. The second-order valence-electron chi connectivity index (χ2n) is 12.1. The van der Waals surface area contributed by atoms with E-state index in [9.17, 15) is 0 Å². The highest BCUT2D eigenvalue weighted by Crippen LogP contribution is 2.46. The van der Waals surface area contributed by atoms with Crippen molar-refractivity contribution >= 4 is 43.1 Å². The fraction of sp³-hybridized carbons (Fsp3) is 0. The quantitative estimate of drug-likeness (QED) is 0.181. The Bertz CT molecular complexity index is 2500. The summed E-state index contributed by atoms with van der Waals surface area (Å²) >= 11 is 0. The molecule has 0 saturated heterocycles. The average molecular weight is 583 g/mol. The van der Waals surface area contributed by atoms with Crippen molar-refractivity contribution in [3.05, 3.63) is 182 Å². The van der Waals surface area contributed by atoms with Crippen molar-refractivity contribution < 1.29 is 0 Å². The highest BCUT2D eigenvalue weighted by Gasteiger charge is 2.18. The molecule has 0 spiro atoms. The molecule has 46 heavy (non-hydrogen) atoms. The van der Waals surface area contributed by atoms with Gasteiger partial charge in [0.25, 0.3) is 0 Å². The van der Waals surface area contributed by atoms with E-state index in [1.807, 2.05) is 0 Å². The first-order chi connectivity index (χ1) is 22.8. The van der Waals surface area contributed by atoms with Crippen molar-refractivity contribution in [3.63, 3.8) is 0 Å². The SMILES string of the molecule is c1ccc(-c2ccc3cc(-c4cccc5c(-c6c7ccccc7c(-c7ccccc7)c7ccccc67)cccc45)ccc3c2)cc1. The third-order valence-corrected chi connectivity index (χ3v) is 9.44. The summed E-state index contributed by atoms with van der Waals surface area (Å²) in [5.41, 5.74) is 10.1. The molecule has 0 heteroatoms. The maximum atomic E-state index is 2.34. The second kappa shape index (κ2) is 10.9. The van der Waals surface area contributed by atoms with Gasteiger partial charge in [-0.2, -0.15) is 0 Å². The summed E-state index contributed by atoms with van der Waals surface area (Å²) in [6.45, 7) is 0. The Morgan fingerprint density at radius 2 is 0.652 bits per heavy atom. The topological polar surface area (TPSA) is 0 Å². The molecule has 9 aromatic carbocycles. The summed E-state index contributed by atoms with van der Waals surface area (Å²) in [4.78, 5) is 0. The van der Waals surface area contributed by atoms with Crippen LogP contribution >= 0.6 is 0 Å². The van der Waals surface area contributed by atoms with E-state index in [0.717, 1.165) is 0 Å². The van der Waals surface area contributed by atoms with Crippen LogP contribution in [0.4, 0.5) is 0 Å². The van der Waals surface area contributed by atoms with E-state index in [0.29, 0.717) is 0 Å². The van der Waals surface area contributed by atoms with Crippen LogP contribution in [0.25, 0.3) is 87.6 Å². The van der Waals surface area contributed by atoms with Gasteiger partial charge in [-0.05, 0) is 99.7 Å². The zero-order chi connectivity index (χ0) is 30.5. The third-order valence-electron chi connectivity index (χ3n) is 9.44. The number of fused-ring (bicyclic) bond motifs is 4. The van der Waals surface area contributed by atoms with Crippen LogP contribution in [0, 0.1) is 0 Å². The van der Waals surface area contributed by atoms with Gasteiger partial charge in [-0.25, -0.2) is 0 Å². The molecule has 0 fully saturated rings. The van der Waals surface area contributed by atoms with Gasteiger partial charge in [0.05, 0.1) is 0 Å². The van der Waals surface area contributed by atoms with Gasteiger partial charge >= 0.3 is 0 Å². The fourth-order valence-electron chi connectivity index (χ4n) is 7.34. The van der Waals surface area contributed by atoms with Crippen molar-refractivity contribution in [1.29, 1.82) is 0 Å². The van der Waals surface area contributed by atoms with Gasteiger partial charge in [-0.15, -0.1) is 0 Å². The molecular weight excluding hydrogens is 553 g/mol. The zero-order valence-corrected chi connectivity index (χ0v) is 25.3. The van der Waals surface area contributed by atoms with Gasteiger partial charge in [-0.1, -0.05) is 170 Å². The van der Waals surface area contributed by atoms with Crippen LogP contribution in [0.15, 0.2) is 182 Å². The summed E-state index contributed by atoms with van der Waals surface area (Å²) in [5.74, 6) is 0. The maximum Gasteiger partial charge on any atom is -0.00201 e. The number of hydrogen-bond acceptors (Lipinski definition) is 0. The van der Waals surface area contributed by atoms with E-state index in [2.05, 4.69) is 182 Å². The molecule has 9 aromatic rings. The number of benzene rings is 9. The fourth-order valence-corrected chi connectivity index (χ4v) is 7.34. The molecule has 0 N–H and O–H groups in total. The Balaban J connectivity index is 1.25. The van der Waals surface area contributed by atoms with Gasteiger partial charge in [0.1, 0.15) is 0 Å². The van der Waals surface area contributed by atoms with E-state index in [-0.39, 0.29) is 0 Å². The Hall–Kier alpha value is -5.98. The standard InChI is InChI=1S/C46H30/c1-3-13-31(14-4-1)33-25-26-35-30-36(28-27-34(35)29-33)37-21-11-23-39-38(37)22-12-24-40(39)46-43-19-9-7-17-41(43)45(32-15-5-2-6-16-32)42-18-8-10-20-44(42)46/h1-30H. The van der Waals surface area contributed by atoms with Crippen LogP contribution in [0.1, 0.15) is 0 Å². The van der Waals surface area contributed by atoms with Crippen LogP contribution in [0.5, 0.6) is 0 Å². The van der Waals surface area contributed by atoms with Gasteiger partial charge in [-0.3, -0.25) is 0 Å². The summed E-state index contributed by atoms with van der Waals surface area (Å²) < 4.78 is 0. The predicted octanol–water partition coefficient (Wildman–Crippen LogP) is 13.0. The first kappa shape index (κ1) is 26.4. The zero-order valence-electron chi connectivity index (χ0n) is 25.3. The molecule has 0 saturated carbocycles. The lowest BCUT2D eigenvalue weighted by molar-refractivity contribution is 1.64. The van der Waals surface area contributed by atoms with Crippen LogP contribution < -0.4 is 0 Å². The summed E-state index contributed by atoms with van der Waals surface area (Å²) in [5, 5.41) is 10.1. The summed E-state index contributed by atoms with van der Waals surface area (Å²) in [6.07, 6.45) is 0. The largest absolute Gasteiger partial charge is 0.0622 e. The lowest BCUT2D eigenvalue weighted by Gasteiger charge is -2.19. The van der Waals surface area contributed by atoms with Crippen molar-refractivity contribution in [2.45, 2.75) is 0 Å². The second-order valence-corrected chi connectivity index (χ2v) is 12.1. The van der Waals surface area contributed by atoms with Gasteiger partial charge in [0.15, 0.2) is 0 Å². The van der Waals surface area contributed by atoms with Crippen LogP contribution in [0.3, 0.4) is 0 Å². The summed E-state index contributed by atoms with van der Waals surface area (Å²) in [6, 6.07) is 66.5. The van der Waals surface area contributed by atoms with Crippen molar-refractivity contribution in [2.24, 2.45) is 0 Å². The molecule has 0 aliphatic rings. The summed E-state index contributed by atoms with van der Waals surface area (Å²) in [7, 11) is 0. The van der Waals surface area contributed by atoms with Crippen molar-refractivity contribution in [3.8, 4) is 44.5 Å². The molecular formula is C46H30. The molecule has 0 heterocycles. The Labute approximate surface area is 268 Å². The number of hydrogen-bond donors (Lipinski definition) is 0. The minimum absolute atomic E-state index is 1.23. The van der Waals surface area contributed by atoms with Crippen molar-refractivity contribution in [2.75, 3.05) is 0 Å². The monoisotopic (exact) mass is 582 g/mol. The van der Waals surface area contributed by atoms with Crippen molar-refractivity contribution in [1.82, 2.24) is 0 Å². The van der Waals surface area contributed by atoms with E-state index in [1.54, 1.807) is 0 Å². The van der Waals surface area contributed by atoms with Crippen LogP contribution in [0.2, 0.25) is 0 Å². The first-order valence-electron chi connectivity index (χ1n) is 15.9. The van der Waals surface area contributed by atoms with E-state index in [1.165, 1.54) is 87.6 Å². The molecule has 0 radical (unpaired) electrons. The Morgan fingerprint density at radius 3 is 1.26 bits per heavy atom. The van der Waals surface area contributed by atoms with Crippen LogP contribution in [-0.2, 0) is 0 Å². The molecule has 0 bridgehead atoms. The maximum absolute atomic E-state index is 2.34. The van der Waals surface area contributed by atoms with Gasteiger partial charge in [0, 0.05) is 0 Å². The van der Waals surface area contributed by atoms with Crippen LogP contribution in [-0.4, -0.2) is 0 Å². The lowest BCUT2D eigenvalue weighted by Crippen LogP contribution is -1.92. The number of rotatable bonds is 4. The molecule has 0 nitrogen and oxygen atoms in total. The molecule has 214 valence electrons. The molecule has 0 unspecified atom stereocenters. The van der Waals surface area contributed by atoms with E-state index in [4.69, 9.17) is 0 Å². The normalized spacial score (nSPS) is 11.5. The van der Waals surface area contributed by atoms with Gasteiger partial charge < -0.3 is 0 Å². The average Bonchev–Trinajstić information content (AvgIpc) is 3.13. The molecule has 9 rings (SSSR count). The Kier molecular flexibility index (Phi) is 6.25. The molecule has 0 aromatic heterocycles. The predicted molar refractivity (Wildman–Crippen MR) is 198 cm³/mol. The van der Waals surface area contributed by atoms with E-state index >= 15 is 0 Å². The van der Waals surface area contributed by atoms with E-state index < -0.39 is 0 Å². The molecule has 0 aliphatic carbocycles. The Morgan fingerprint density at radius 1 is 0.217 bits per heavy atom. The highest BCUT2D eigenvalue weighted by molar-refractivity contribution is 6.24. The van der Waals surface area contributed by atoms with Gasteiger partial charge in [0.2, 0.25) is 0 Å². The minimum Gasteiger partial charge on any atom is -0.0622 e. The molecule has 0 aliphatic heterocycles. The smallest absolute Gasteiger partial charge is 0.00201 e. The first-order valence-corrected chi connectivity index (χ1v) is 15.9. The molecule has 0 atom stereocenters.